The number of para-hydroxylation sites is 1. The van der Waals surface area contributed by atoms with Crippen molar-refractivity contribution in [1.29, 1.82) is 0 Å². The number of benzene rings is 1. The highest BCUT2D eigenvalue weighted by Crippen LogP contribution is 2.29. The van der Waals surface area contributed by atoms with Crippen molar-refractivity contribution in [2.24, 2.45) is 5.41 Å². The molecule has 1 N–H and O–H groups in total. The summed E-state index contributed by atoms with van der Waals surface area (Å²) < 4.78 is 1.29. The van der Waals surface area contributed by atoms with E-state index in [1.54, 1.807) is 0 Å². The largest absolute Gasteiger partial charge is 0.311 e. The second kappa shape index (κ2) is 5.67. The van der Waals surface area contributed by atoms with E-state index in [2.05, 4.69) is 62.2 Å². The second-order valence-electron chi connectivity index (χ2n) is 7.20. The molecule has 3 rings (SSSR count). The Morgan fingerprint density at radius 2 is 2.10 bits per heavy atom. The number of thiazole rings is 1. The molecule has 0 saturated carbocycles. The minimum atomic E-state index is 0.282. The first kappa shape index (κ1) is 14.9. The van der Waals surface area contributed by atoms with Gasteiger partial charge in [-0.1, -0.05) is 32.9 Å². The van der Waals surface area contributed by atoms with Crippen molar-refractivity contribution in [3.8, 4) is 0 Å². The van der Waals surface area contributed by atoms with Crippen LogP contribution in [0.5, 0.6) is 0 Å². The predicted molar refractivity (Wildman–Crippen MR) is 90.7 cm³/mol. The van der Waals surface area contributed by atoms with Gasteiger partial charge >= 0.3 is 0 Å². The van der Waals surface area contributed by atoms with Gasteiger partial charge in [0.2, 0.25) is 0 Å². The molecule has 2 aromatic rings. The lowest BCUT2D eigenvalue weighted by atomic mass is 9.84. The highest BCUT2D eigenvalue weighted by Gasteiger charge is 2.34. The van der Waals surface area contributed by atoms with Gasteiger partial charge in [0.1, 0.15) is 5.01 Å². The molecule has 2 heterocycles. The van der Waals surface area contributed by atoms with Gasteiger partial charge in [0, 0.05) is 25.2 Å². The molecular formula is C17H25N3S. The molecule has 2 atom stereocenters. The molecule has 1 aliphatic heterocycles. The van der Waals surface area contributed by atoms with Gasteiger partial charge in [-0.2, -0.15) is 0 Å². The van der Waals surface area contributed by atoms with Crippen molar-refractivity contribution in [3.05, 3.63) is 29.3 Å². The van der Waals surface area contributed by atoms with Gasteiger partial charge < -0.3 is 5.32 Å². The molecule has 21 heavy (non-hydrogen) atoms. The third kappa shape index (κ3) is 3.28. The maximum absolute atomic E-state index is 4.80. The molecule has 1 aromatic carbocycles. The van der Waals surface area contributed by atoms with Crippen LogP contribution in [0.2, 0.25) is 0 Å². The van der Waals surface area contributed by atoms with Crippen LogP contribution in [0.4, 0.5) is 0 Å². The van der Waals surface area contributed by atoms with E-state index in [4.69, 9.17) is 4.98 Å². The molecule has 4 heteroatoms. The maximum Gasteiger partial charge on any atom is 0.108 e. The van der Waals surface area contributed by atoms with Gasteiger partial charge in [-0.05, 0) is 24.5 Å². The number of fused-ring (bicyclic) bond motifs is 1. The molecule has 1 saturated heterocycles. The second-order valence-corrected chi connectivity index (χ2v) is 8.31. The standard InChI is InChI=1S/C17H25N3S/c1-12-10-20(15(9-18-12)17(2,3)4)11-16-19-13-7-5-6-8-14(13)21-16/h5-8,12,15,18H,9-11H2,1-4H3. The van der Waals surface area contributed by atoms with Crippen molar-refractivity contribution in [1.82, 2.24) is 15.2 Å². The van der Waals surface area contributed by atoms with Crippen molar-refractivity contribution in [2.75, 3.05) is 13.1 Å². The average Bonchev–Trinajstić information content (AvgIpc) is 2.79. The fraction of sp³-hybridized carbons (Fsp3) is 0.588. The van der Waals surface area contributed by atoms with E-state index in [0.717, 1.165) is 25.2 Å². The van der Waals surface area contributed by atoms with Crippen molar-refractivity contribution in [2.45, 2.75) is 46.3 Å². The summed E-state index contributed by atoms with van der Waals surface area (Å²) in [4.78, 5) is 7.41. The highest BCUT2D eigenvalue weighted by atomic mass is 32.1. The molecular weight excluding hydrogens is 278 g/mol. The predicted octanol–water partition coefficient (Wildman–Crippen LogP) is 3.50. The van der Waals surface area contributed by atoms with Crippen LogP contribution in [0, 0.1) is 5.41 Å². The molecule has 0 aliphatic carbocycles. The third-order valence-corrected chi connectivity index (χ3v) is 5.31. The third-order valence-electron chi connectivity index (χ3n) is 4.29. The summed E-state index contributed by atoms with van der Waals surface area (Å²) in [6.45, 7) is 12.4. The van der Waals surface area contributed by atoms with Crippen molar-refractivity contribution >= 4 is 21.6 Å². The molecule has 0 spiro atoms. The quantitative estimate of drug-likeness (QED) is 0.920. The lowest BCUT2D eigenvalue weighted by Crippen LogP contribution is -2.59. The van der Waals surface area contributed by atoms with E-state index >= 15 is 0 Å². The van der Waals surface area contributed by atoms with E-state index in [1.807, 2.05) is 11.3 Å². The van der Waals surface area contributed by atoms with Crippen LogP contribution < -0.4 is 5.32 Å². The molecule has 3 nitrogen and oxygen atoms in total. The monoisotopic (exact) mass is 303 g/mol. The maximum atomic E-state index is 4.80. The normalized spacial score (nSPS) is 24.6. The van der Waals surface area contributed by atoms with Gasteiger partial charge in [0.05, 0.1) is 16.8 Å². The average molecular weight is 303 g/mol. The van der Waals surface area contributed by atoms with E-state index in [9.17, 15) is 0 Å². The minimum absolute atomic E-state index is 0.282. The smallest absolute Gasteiger partial charge is 0.108 e. The van der Waals surface area contributed by atoms with E-state index in [0.29, 0.717) is 12.1 Å². The van der Waals surface area contributed by atoms with Crippen molar-refractivity contribution < 1.29 is 0 Å². The number of nitrogens with zero attached hydrogens (tertiary/aromatic N) is 2. The summed E-state index contributed by atoms with van der Waals surface area (Å²) >= 11 is 1.83. The van der Waals surface area contributed by atoms with E-state index in [-0.39, 0.29) is 5.41 Å². The Kier molecular flexibility index (Phi) is 4.04. The van der Waals surface area contributed by atoms with Gasteiger partial charge in [-0.3, -0.25) is 4.90 Å². The lowest BCUT2D eigenvalue weighted by Gasteiger charge is -2.45. The zero-order valence-electron chi connectivity index (χ0n) is 13.4. The number of hydrogen-bond acceptors (Lipinski definition) is 4. The van der Waals surface area contributed by atoms with E-state index < -0.39 is 0 Å². The molecule has 1 aromatic heterocycles. The fourth-order valence-electron chi connectivity index (χ4n) is 3.18. The van der Waals surface area contributed by atoms with Gasteiger partial charge in [-0.15, -0.1) is 11.3 Å². The zero-order chi connectivity index (χ0) is 15.0. The van der Waals surface area contributed by atoms with Crippen molar-refractivity contribution in [3.63, 3.8) is 0 Å². The van der Waals surface area contributed by atoms with E-state index in [1.165, 1.54) is 9.71 Å². The summed E-state index contributed by atoms with van der Waals surface area (Å²) in [6.07, 6.45) is 0. The lowest BCUT2D eigenvalue weighted by molar-refractivity contribution is 0.0526. The number of nitrogens with one attached hydrogen (secondary N) is 1. The molecule has 1 aliphatic rings. The summed E-state index contributed by atoms with van der Waals surface area (Å²) in [5, 5.41) is 4.86. The zero-order valence-corrected chi connectivity index (χ0v) is 14.2. The molecule has 0 radical (unpaired) electrons. The van der Waals surface area contributed by atoms with Crippen LogP contribution in [0.1, 0.15) is 32.7 Å². The highest BCUT2D eigenvalue weighted by molar-refractivity contribution is 7.18. The van der Waals surface area contributed by atoms with Crippen LogP contribution in [0.15, 0.2) is 24.3 Å². The van der Waals surface area contributed by atoms with Gasteiger partial charge in [0.15, 0.2) is 0 Å². The molecule has 0 amide bonds. The summed E-state index contributed by atoms with van der Waals surface area (Å²) in [7, 11) is 0. The summed E-state index contributed by atoms with van der Waals surface area (Å²) in [6, 6.07) is 9.54. The Balaban J connectivity index is 1.82. The SMILES string of the molecule is CC1CN(Cc2nc3ccccc3s2)C(C(C)(C)C)CN1. The van der Waals surface area contributed by atoms with Crippen LogP contribution in [0.25, 0.3) is 10.2 Å². The Bertz CT molecular complexity index is 581. The first-order chi connectivity index (χ1) is 9.93. The molecule has 114 valence electrons. The fourth-order valence-corrected chi connectivity index (χ4v) is 4.17. The summed E-state index contributed by atoms with van der Waals surface area (Å²) in [5.74, 6) is 0. The first-order valence-electron chi connectivity index (χ1n) is 7.75. The topological polar surface area (TPSA) is 28.2 Å². The summed E-state index contributed by atoms with van der Waals surface area (Å²) in [5.41, 5.74) is 1.41. The first-order valence-corrected chi connectivity index (χ1v) is 8.57. The molecule has 0 bridgehead atoms. The Morgan fingerprint density at radius 3 is 2.81 bits per heavy atom. The molecule has 1 fully saturated rings. The van der Waals surface area contributed by atoms with Gasteiger partial charge in [-0.25, -0.2) is 4.98 Å². The van der Waals surface area contributed by atoms with Crippen LogP contribution in [-0.4, -0.2) is 35.1 Å². The molecule has 2 unspecified atom stereocenters. The minimum Gasteiger partial charge on any atom is -0.311 e. The Hall–Kier alpha value is -0.970. The number of aromatic nitrogens is 1. The Labute approximate surface area is 131 Å². The van der Waals surface area contributed by atoms with Crippen LogP contribution in [-0.2, 0) is 6.54 Å². The van der Waals surface area contributed by atoms with Gasteiger partial charge in [0.25, 0.3) is 0 Å². The number of rotatable bonds is 2. The number of piperazine rings is 1. The van der Waals surface area contributed by atoms with Crippen LogP contribution in [0.3, 0.4) is 0 Å². The number of hydrogen-bond donors (Lipinski definition) is 1. The van der Waals surface area contributed by atoms with Crippen LogP contribution >= 0.6 is 11.3 Å². The Morgan fingerprint density at radius 1 is 1.33 bits per heavy atom.